The summed E-state index contributed by atoms with van der Waals surface area (Å²) in [6.07, 6.45) is 2.89. The molecule has 0 aliphatic carbocycles. The van der Waals surface area contributed by atoms with Crippen molar-refractivity contribution in [3.8, 4) is 0 Å². The van der Waals surface area contributed by atoms with Gasteiger partial charge in [0.25, 0.3) is 5.78 Å². The van der Waals surface area contributed by atoms with Crippen LogP contribution in [-0.4, -0.2) is 37.3 Å². The second-order valence-corrected chi connectivity index (χ2v) is 4.08. The highest BCUT2D eigenvalue weighted by molar-refractivity contribution is 5.44. The van der Waals surface area contributed by atoms with Gasteiger partial charge >= 0.3 is 0 Å². The number of hydrogen-bond donors (Lipinski definition) is 2. The standard InChI is InChI=1S/C11H17N5O/c1-3-4-9(17)6-12-10-5-8(2)15-11-13-7-14-16(10)11/h5,7,9,12,17H,3-4,6H2,1-2H3. The quantitative estimate of drug-likeness (QED) is 0.808. The van der Waals surface area contributed by atoms with Gasteiger partial charge in [-0.1, -0.05) is 13.3 Å². The summed E-state index contributed by atoms with van der Waals surface area (Å²) in [7, 11) is 0. The maximum atomic E-state index is 9.68. The first-order valence-corrected chi connectivity index (χ1v) is 5.80. The maximum Gasteiger partial charge on any atom is 0.254 e. The lowest BCUT2D eigenvalue weighted by atomic mass is 10.2. The van der Waals surface area contributed by atoms with E-state index in [1.807, 2.05) is 13.0 Å². The van der Waals surface area contributed by atoms with E-state index in [2.05, 4.69) is 27.3 Å². The fourth-order valence-electron chi connectivity index (χ4n) is 1.71. The van der Waals surface area contributed by atoms with Crippen molar-refractivity contribution in [1.29, 1.82) is 0 Å². The molecular weight excluding hydrogens is 218 g/mol. The average molecular weight is 235 g/mol. The third kappa shape index (κ3) is 2.71. The van der Waals surface area contributed by atoms with Gasteiger partial charge in [0.15, 0.2) is 0 Å². The van der Waals surface area contributed by atoms with Gasteiger partial charge in [-0.25, -0.2) is 4.98 Å². The molecule has 0 saturated carbocycles. The van der Waals surface area contributed by atoms with Gasteiger partial charge in [0, 0.05) is 18.3 Å². The highest BCUT2D eigenvalue weighted by Crippen LogP contribution is 2.10. The molecular formula is C11H17N5O. The first kappa shape index (κ1) is 11.8. The predicted molar refractivity (Wildman–Crippen MR) is 64.9 cm³/mol. The van der Waals surface area contributed by atoms with Crippen molar-refractivity contribution in [2.45, 2.75) is 32.8 Å². The highest BCUT2D eigenvalue weighted by atomic mass is 16.3. The first-order valence-electron chi connectivity index (χ1n) is 5.80. The Morgan fingerprint density at radius 1 is 1.53 bits per heavy atom. The molecule has 92 valence electrons. The fourth-order valence-corrected chi connectivity index (χ4v) is 1.71. The highest BCUT2D eigenvalue weighted by Gasteiger charge is 2.07. The van der Waals surface area contributed by atoms with Crippen LogP contribution in [0.1, 0.15) is 25.5 Å². The first-order chi connectivity index (χ1) is 8.20. The largest absolute Gasteiger partial charge is 0.391 e. The Balaban J connectivity index is 2.14. The monoisotopic (exact) mass is 235 g/mol. The molecule has 0 aromatic carbocycles. The van der Waals surface area contributed by atoms with Crippen LogP contribution in [0.5, 0.6) is 0 Å². The van der Waals surface area contributed by atoms with E-state index >= 15 is 0 Å². The number of aliphatic hydroxyl groups is 1. The van der Waals surface area contributed by atoms with Gasteiger partial charge in [-0.2, -0.15) is 14.6 Å². The van der Waals surface area contributed by atoms with Crippen molar-refractivity contribution in [3.05, 3.63) is 18.1 Å². The van der Waals surface area contributed by atoms with Crippen LogP contribution in [-0.2, 0) is 0 Å². The number of aliphatic hydroxyl groups excluding tert-OH is 1. The minimum absolute atomic E-state index is 0.341. The van der Waals surface area contributed by atoms with Crippen LogP contribution in [0.25, 0.3) is 5.78 Å². The zero-order valence-corrected chi connectivity index (χ0v) is 10.1. The van der Waals surface area contributed by atoms with E-state index in [4.69, 9.17) is 0 Å². The normalized spacial score (nSPS) is 12.9. The summed E-state index contributed by atoms with van der Waals surface area (Å²) in [5.74, 6) is 1.37. The summed E-state index contributed by atoms with van der Waals surface area (Å²) >= 11 is 0. The molecule has 0 amide bonds. The Hall–Kier alpha value is -1.69. The summed E-state index contributed by atoms with van der Waals surface area (Å²) in [6, 6.07) is 1.89. The summed E-state index contributed by atoms with van der Waals surface area (Å²) in [6.45, 7) is 4.46. The van der Waals surface area contributed by atoms with Gasteiger partial charge in [-0.15, -0.1) is 0 Å². The van der Waals surface area contributed by atoms with Crippen LogP contribution in [0.4, 0.5) is 5.82 Å². The molecule has 0 aliphatic heterocycles. The molecule has 2 aromatic heterocycles. The average Bonchev–Trinajstić information content (AvgIpc) is 2.74. The SMILES string of the molecule is CCCC(O)CNc1cc(C)nc2ncnn12. The second kappa shape index (κ2) is 5.09. The number of aryl methyl sites for hydroxylation is 1. The Morgan fingerprint density at radius 2 is 2.35 bits per heavy atom. The van der Waals surface area contributed by atoms with Gasteiger partial charge in [0.05, 0.1) is 6.10 Å². The number of hydrogen-bond acceptors (Lipinski definition) is 5. The minimum Gasteiger partial charge on any atom is -0.391 e. The number of nitrogens with zero attached hydrogens (tertiary/aromatic N) is 4. The zero-order valence-electron chi connectivity index (χ0n) is 10.1. The Bertz CT molecular complexity index is 496. The molecule has 0 radical (unpaired) electrons. The molecule has 0 saturated heterocycles. The molecule has 0 aliphatic rings. The third-order valence-electron chi connectivity index (χ3n) is 2.52. The lowest BCUT2D eigenvalue weighted by molar-refractivity contribution is 0.176. The molecule has 6 heteroatoms. The van der Waals surface area contributed by atoms with Crippen molar-refractivity contribution in [1.82, 2.24) is 19.6 Å². The van der Waals surface area contributed by atoms with Crippen LogP contribution in [0.15, 0.2) is 12.4 Å². The Morgan fingerprint density at radius 3 is 3.12 bits per heavy atom. The van der Waals surface area contributed by atoms with Gasteiger partial charge < -0.3 is 10.4 Å². The van der Waals surface area contributed by atoms with E-state index in [-0.39, 0.29) is 6.10 Å². The van der Waals surface area contributed by atoms with Crippen molar-refractivity contribution >= 4 is 11.6 Å². The van der Waals surface area contributed by atoms with Crippen LogP contribution >= 0.6 is 0 Å². The summed E-state index contributed by atoms with van der Waals surface area (Å²) in [5, 5.41) is 16.9. The summed E-state index contributed by atoms with van der Waals surface area (Å²) in [5.41, 5.74) is 0.873. The van der Waals surface area contributed by atoms with E-state index in [0.29, 0.717) is 12.3 Å². The van der Waals surface area contributed by atoms with Crippen LogP contribution in [0.2, 0.25) is 0 Å². The number of fused-ring (bicyclic) bond motifs is 1. The lowest BCUT2D eigenvalue weighted by Crippen LogP contribution is -2.20. The fraction of sp³-hybridized carbons (Fsp3) is 0.545. The van der Waals surface area contributed by atoms with Gasteiger partial charge in [0.1, 0.15) is 12.1 Å². The molecule has 0 fully saturated rings. The summed E-state index contributed by atoms with van der Waals surface area (Å²) in [4.78, 5) is 8.29. The number of aromatic nitrogens is 4. The van der Waals surface area contributed by atoms with Crippen molar-refractivity contribution in [3.63, 3.8) is 0 Å². The molecule has 17 heavy (non-hydrogen) atoms. The third-order valence-corrected chi connectivity index (χ3v) is 2.52. The van der Waals surface area contributed by atoms with Gasteiger partial charge in [-0.3, -0.25) is 0 Å². The molecule has 2 N–H and O–H groups in total. The van der Waals surface area contributed by atoms with Crippen LogP contribution in [0.3, 0.4) is 0 Å². The minimum atomic E-state index is -0.341. The molecule has 1 unspecified atom stereocenters. The molecule has 6 nitrogen and oxygen atoms in total. The van der Waals surface area contributed by atoms with Crippen molar-refractivity contribution in [2.75, 3.05) is 11.9 Å². The Kier molecular flexibility index (Phi) is 3.53. The summed E-state index contributed by atoms with van der Waals surface area (Å²) < 4.78 is 1.63. The predicted octanol–water partition coefficient (Wildman–Crippen LogP) is 1.01. The zero-order chi connectivity index (χ0) is 12.3. The molecule has 2 rings (SSSR count). The topological polar surface area (TPSA) is 75.3 Å². The molecule has 0 bridgehead atoms. The van der Waals surface area contributed by atoms with E-state index in [9.17, 15) is 5.11 Å². The van der Waals surface area contributed by atoms with Crippen molar-refractivity contribution < 1.29 is 5.11 Å². The van der Waals surface area contributed by atoms with Crippen LogP contribution < -0.4 is 5.32 Å². The number of anilines is 1. The second-order valence-electron chi connectivity index (χ2n) is 4.08. The van der Waals surface area contributed by atoms with E-state index < -0.39 is 0 Å². The molecule has 2 heterocycles. The molecule has 1 atom stereocenters. The van der Waals surface area contributed by atoms with Crippen molar-refractivity contribution in [2.24, 2.45) is 0 Å². The van der Waals surface area contributed by atoms with E-state index in [1.165, 1.54) is 6.33 Å². The maximum absolute atomic E-state index is 9.68. The van der Waals surface area contributed by atoms with Crippen LogP contribution in [0, 0.1) is 6.92 Å². The number of nitrogens with one attached hydrogen (secondary N) is 1. The lowest BCUT2D eigenvalue weighted by Gasteiger charge is -2.12. The van der Waals surface area contributed by atoms with E-state index in [0.717, 1.165) is 24.4 Å². The van der Waals surface area contributed by atoms with Gasteiger partial charge in [0.2, 0.25) is 0 Å². The Labute approximate surface area is 99.7 Å². The van der Waals surface area contributed by atoms with E-state index in [1.54, 1.807) is 4.52 Å². The van der Waals surface area contributed by atoms with Gasteiger partial charge in [-0.05, 0) is 13.3 Å². The molecule has 0 spiro atoms. The number of rotatable bonds is 5. The molecule has 2 aromatic rings. The smallest absolute Gasteiger partial charge is 0.254 e.